The van der Waals surface area contributed by atoms with Gasteiger partial charge in [-0.15, -0.1) is 0 Å². The molecule has 0 spiro atoms. The smallest absolute Gasteiger partial charge is 0.0431 e. The van der Waals surface area contributed by atoms with Crippen LogP contribution in [-0.4, -0.2) is 24.8 Å². The van der Waals surface area contributed by atoms with Gasteiger partial charge in [-0.2, -0.15) is 0 Å². The summed E-state index contributed by atoms with van der Waals surface area (Å²) >= 11 is 0. The first-order chi connectivity index (χ1) is 10.9. The normalized spacial score (nSPS) is 11.2. The third-order valence-electron chi connectivity index (χ3n) is 4.47. The van der Waals surface area contributed by atoms with Crippen LogP contribution in [0.2, 0.25) is 0 Å². The summed E-state index contributed by atoms with van der Waals surface area (Å²) in [7, 11) is 0. The summed E-state index contributed by atoms with van der Waals surface area (Å²) in [6.45, 7) is 4.85. The molecule has 0 bridgehead atoms. The second-order valence-corrected chi connectivity index (χ2v) is 6.78. The summed E-state index contributed by atoms with van der Waals surface area (Å²) in [6.07, 6.45) is 22.0. The van der Waals surface area contributed by atoms with Gasteiger partial charge in [-0.1, -0.05) is 90.4 Å². The van der Waals surface area contributed by atoms with Gasteiger partial charge in [0.2, 0.25) is 0 Å². The van der Waals surface area contributed by atoms with Gasteiger partial charge in [0.05, 0.1) is 0 Å². The average Bonchev–Trinajstić information content (AvgIpc) is 2.54. The molecule has 2 heteroatoms. The quantitative estimate of drug-likeness (QED) is 0.294. The Labute approximate surface area is 140 Å². The van der Waals surface area contributed by atoms with Gasteiger partial charge >= 0.3 is 0 Å². The highest BCUT2D eigenvalue weighted by atomic mass is 16.2. The number of aliphatic hydroxyl groups is 1. The molecule has 0 unspecified atom stereocenters. The molecule has 0 atom stereocenters. The minimum Gasteiger partial charge on any atom is -0.396 e. The molecule has 0 heterocycles. The third-order valence-corrected chi connectivity index (χ3v) is 4.47. The van der Waals surface area contributed by atoms with Crippen LogP contribution in [0.25, 0.3) is 0 Å². The maximum absolute atomic E-state index is 8.67. The van der Waals surface area contributed by atoms with Gasteiger partial charge in [-0.3, -0.25) is 0 Å². The molecule has 0 aliphatic heterocycles. The molecule has 0 rings (SSSR count). The molecule has 0 aliphatic rings. The van der Waals surface area contributed by atoms with Crippen LogP contribution < -0.4 is 5.32 Å². The standard InChI is InChI=1S/C20H43NO/c1-2-3-4-5-6-7-8-9-10-11-12-13-14-15-18-21-19-16-17-20-22/h21-22H,2-20H2,1H3. The van der Waals surface area contributed by atoms with E-state index in [2.05, 4.69) is 12.2 Å². The summed E-state index contributed by atoms with van der Waals surface area (Å²) < 4.78 is 0. The molecule has 0 aromatic carbocycles. The van der Waals surface area contributed by atoms with Crippen molar-refractivity contribution in [1.29, 1.82) is 0 Å². The van der Waals surface area contributed by atoms with E-state index in [4.69, 9.17) is 5.11 Å². The summed E-state index contributed by atoms with van der Waals surface area (Å²) in [5, 5.41) is 12.1. The monoisotopic (exact) mass is 313 g/mol. The molecule has 134 valence electrons. The predicted molar refractivity (Wildman–Crippen MR) is 99.5 cm³/mol. The van der Waals surface area contributed by atoms with E-state index < -0.39 is 0 Å². The van der Waals surface area contributed by atoms with Crippen molar-refractivity contribution in [2.45, 2.75) is 110 Å². The molecule has 0 aromatic heterocycles. The zero-order valence-electron chi connectivity index (χ0n) is 15.4. The molecule has 0 saturated heterocycles. The molecule has 0 amide bonds. The molecular weight excluding hydrogens is 270 g/mol. The lowest BCUT2D eigenvalue weighted by molar-refractivity contribution is 0.283. The SMILES string of the molecule is CCCCCCCCCCCCCCCCNCCCCO. The minimum absolute atomic E-state index is 0.334. The first-order valence-electron chi connectivity index (χ1n) is 10.2. The van der Waals surface area contributed by atoms with Crippen molar-refractivity contribution in [2.24, 2.45) is 0 Å². The summed E-state index contributed by atoms with van der Waals surface area (Å²) in [5.41, 5.74) is 0. The van der Waals surface area contributed by atoms with Gasteiger partial charge < -0.3 is 10.4 Å². The molecule has 2 N–H and O–H groups in total. The van der Waals surface area contributed by atoms with Crippen molar-refractivity contribution in [2.75, 3.05) is 19.7 Å². The fourth-order valence-electron chi connectivity index (χ4n) is 2.93. The maximum atomic E-state index is 8.67. The van der Waals surface area contributed by atoms with Crippen LogP contribution in [0.4, 0.5) is 0 Å². The fourth-order valence-corrected chi connectivity index (χ4v) is 2.93. The van der Waals surface area contributed by atoms with E-state index in [1.54, 1.807) is 0 Å². The third kappa shape index (κ3) is 19.9. The lowest BCUT2D eigenvalue weighted by atomic mass is 10.0. The summed E-state index contributed by atoms with van der Waals surface area (Å²) in [4.78, 5) is 0. The van der Waals surface area contributed by atoms with Gasteiger partial charge in [-0.05, 0) is 32.4 Å². The number of unbranched alkanes of at least 4 members (excludes halogenated alkanes) is 14. The van der Waals surface area contributed by atoms with Crippen molar-refractivity contribution >= 4 is 0 Å². The van der Waals surface area contributed by atoms with Crippen molar-refractivity contribution in [1.82, 2.24) is 5.32 Å². The van der Waals surface area contributed by atoms with Gasteiger partial charge in [0.1, 0.15) is 0 Å². The molecular formula is C20H43NO. The second-order valence-electron chi connectivity index (χ2n) is 6.78. The van der Waals surface area contributed by atoms with E-state index in [-0.39, 0.29) is 0 Å². The number of hydrogen-bond donors (Lipinski definition) is 2. The number of aliphatic hydroxyl groups excluding tert-OH is 1. The fraction of sp³-hybridized carbons (Fsp3) is 1.00. The van der Waals surface area contributed by atoms with Crippen molar-refractivity contribution in [3.05, 3.63) is 0 Å². The molecule has 0 aromatic rings. The lowest BCUT2D eigenvalue weighted by Crippen LogP contribution is -2.16. The Kier molecular flexibility index (Phi) is 20.8. The maximum Gasteiger partial charge on any atom is 0.0431 e. The van der Waals surface area contributed by atoms with Crippen molar-refractivity contribution < 1.29 is 5.11 Å². The molecule has 0 aliphatic carbocycles. The van der Waals surface area contributed by atoms with E-state index in [0.29, 0.717) is 6.61 Å². The first-order valence-corrected chi connectivity index (χ1v) is 10.2. The van der Waals surface area contributed by atoms with Crippen LogP contribution in [0, 0.1) is 0 Å². The molecule has 0 saturated carbocycles. The summed E-state index contributed by atoms with van der Waals surface area (Å²) in [6, 6.07) is 0. The Morgan fingerprint density at radius 3 is 1.27 bits per heavy atom. The van der Waals surface area contributed by atoms with Crippen LogP contribution in [-0.2, 0) is 0 Å². The van der Waals surface area contributed by atoms with Crippen LogP contribution in [0.15, 0.2) is 0 Å². The Morgan fingerprint density at radius 1 is 0.500 bits per heavy atom. The number of hydrogen-bond acceptors (Lipinski definition) is 2. The highest BCUT2D eigenvalue weighted by Gasteiger charge is 1.94. The van der Waals surface area contributed by atoms with Gasteiger partial charge in [0.25, 0.3) is 0 Å². The van der Waals surface area contributed by atoms with Crippen LogP contribution >= 0.6 is 0 Å². The largest absolute Gasteiger partial charge is 0.396 e. The Hall–Kier alpha value is -0.0800. The Bertz CT molecular complexity index is 165. The van der Waals surface area contributed by atoms with Crippen molar-refractivity contribution in [3.63, 3.8) is 0 Å². The Balaban J connectivity index is 2.91. The topological polar surface area (TPSA) is 32.3 Å². The highest BCUT2D eigenvalue weighted by molar-refractivity contribution is 4.51. The molecule has 0 radical (unpaired) electrons. The Morgan fingerprint density at radius 2 is 0.864 bits per heavy atom. The van der Waals surface area contributed by atoms with E-state index in [1.165, 1.54) is 89.9 Å². The van der Waals surface area contributed by atoms with Crippen molar-refractivity contribution in [3.8, 4) is 0 Å². The molecule has 2 nitrogen and oxygen atoms in total. The molecule has 22 heavy (non-hydrogen) atoms. The number of nitrogens with one attached hydrogen (secondary N) is 1. The van der Waals surface area contributed by atoms with Crippen LogP contribution in [0.3, 0.4) is 0 Å². The van der Waals surface area contributed by atoms with E-state index in [0.717, 1.165) is 25.9 Å². The second kappa shape index (κ2) is 20.9. The minimum atomic E-state index is 0.334. The average molecular weight is 314 g/mol. The van der Waals surface area contributed by atoms with Gasteiger partial charge in [0.15, 0.2) is 0 Å². The van der Waals surface area contributed by atoms with E-state index >= 15 is 0 Å². The lowest BCUT2D eigenvalue weighted by Gasteiger charge is -2.05. The summed E-state index contributed by atoms with van der Waals surface area (Å²) in [5.74, 6) is 0. The zero-order valence-corrected chi connectivity index (χ0v) is 15.4. The molecule has 0 fully saturated rings. The van der Waals surface area contributed by atoms with Crippen LogP contribution in [0.5, 0.6) is 0 Å². The van der Waals surface area contributed by atoms with Gasteiger partial charge in [0, 0.05) is 6.61 Å². The van der Waals surface area contributed by atoms with E-state index in [1.807, 2.05) is 0 Å². The van der Waals surface area contributed by atoms with E-state index in [9.17, 15) is 0 Å². The van der Waals surface area contributed by atoms with Gasteiger partial charge in [-0.25, -0.2) is 0 Å². The zero-order chi connectivity index (χ0) is 16.1. The highest BCUT2D eigenvalue weighted by Crippen LogP contribution is 2.12. The van der Waals surface area contributed by atoms with Crippen LogP contribution in [0.1, 0.15) is 110 Å². The first kappa shape index (κ1) is 21.9. The number of rotatable bonds is 19. The predicted octanol–water partition coefficient (Wildman–Crippen LogP) is 5.83.